The minimum absolute atomic E-state index is 0.128. The summed E-state index contributed by atoms with van der Waals surface area (Å²) in [5, 5.41) is 0. The highest BCUT2D eigenvalue weighted by atomic mass is 19.1. The molecule has 0 bridgehead atoms. The average molecular weight is 422 g/mol. The normalized spacial score (nSPS) is 20.3. The number of rotatable bonds is 3. The summed E-state index contributed by atoms with van der Waals surface area (Å²) in [4.78, 5) is 41.9. The molecule has 1 atom stereocenters. The van der Waals surface area contributed by atoms with Crippen molar-refractivity contribution in [3.63, 3.8) is 0 Å². The molecule has 31 heavy (non-hydrogen) atoms. The molecular formula is C24H23FN2O4. The zero-order valence-electron chi connectivity index (χ0n) is 17.3. The number of hydrogen-bond donors (Lipinski definition) is 0. The fraction of sp³-hybridized carbons (Fsp3) is 0.375. The van der Waals surface area contributed by atoms with Crippen molar-refractivity contribution in [2.75, 3.05) is 24.6 Å². The number of amides is 3. The summed E-state index contributed by atoms with van der Waals surface area (Å²) in [6.07, 6.45) is 3.07. The van der Waals surface area contributed by atoms with Gasteiger partial charge < -0.3 is 9.64 Å². The molecule has 5 rings (SSSR count). The Morgan fingerprint density at radius 3 is 2.71 bits per heavy atom. The summed E-state index contributed by atoms with van der Waals surface area (Å²) >= 11 is 0. The van der Waals surface area contributed by atoms with Crippen molar-refractivity contribution in [3.8, 4) is 0 Å². The first-order valence-corrected chi connectivity index (χ1v) is 10.7. The van der Waals surface area contributed by atoms with Crippen LogP contribution in [0.5, 0.6) is 0 Å². The molecule has 0 radical (unpaired) electrons. The number of halogens is 1. The van der Waals surface area contributed by atoms with Gasteiger partial charge in [-0.25, -0.2) is 4.39 Å². The Balaban J connectivity index is 1.44. The first kappa shape index (κ1) is 19.9. The zero-order chi connectivity index (χ0) is 21.7. The van der Waals surface area contributed by atoms with Crippen molar-refractivity contribution in [2.45, 2.75) is 38.7 Å². The number of carbonyl (C=O) groups excluding carboxylic acids is 3. The Morgan fingerprint density at radius 1 is 1.13 bits per heavy atom. The number of nitrogens with zero attached hydrogens (tertiary/aromatic N) is 2. The van der Waals surface area contributed by atoms with Crippen LogP contribution in [0, 0.1) is 12.7 Å². The van der Waals surface area contributed by atoms with Gasteiger partial charge in [0.2, 0.25) is 0 Å². The van der Waals surface area contributed by atoms with Crippen LogP contribution >= 0.6 is 0 Å². The third-order valence-electron chi connectivity index (χ3n) is 6.31. The van der Waals surface area contributed by atoms with Gasteiger partial charge in [0.1, 0.15) is 5.82 Å². The number of benzene rings is 2. The van der Waals surface area contributed by atoms with Crippen molar-refractivity contribution in [2.24, 2.45) is 0 Å². The molecule has 1 unspecified atom stereocenters. The quantitative estimate of drug-likeness (QED) is 0.710. The summed E-state index contributed by atoms with van der Waals surface area (Å²) in [6.45, 7) is 3.20. The summed E-state index contributed by atoms with van der Waals surface area (Å²) < 4.78 is 19.4. The lowest BCUT2D eigenvalue weighted by Crippen LogP contribution is -2.36. The van der Waals surface area contributed by atoms with Crippen molar-refractivity contribution >= 4 is 23.4 Å². The molecule has 1 fully saturated rings. The van der Waals surface area contributed by atoms with E-state index in [4.69, 9.17) is 4.74 Å². The first-order chi connectivity index (χ1) is 14.9. The Bertz CT molecular complexity index is 1110. The molecule has 0 saturated carbocycles. The number of anilines is 1. The van der Waals surface area contributed by atoms with Crippen LogP contribution in [-0.4, -0.2) is 48.4 Å². The van der Waals surface area contributed by atoms with Crippen molar-refractivity contribution in [1.82, 2.24) is 4.90 Å². The van der Waals surface area contributed by atoms with E-state index in [1.807, 2.05) is 0 Å². The van der Waals surface area contributed by atoms with E-state index >= 15 is 0 Å². The molecule has 3 amide bonds. The highest BCUT2D eigenvalue weighted by Gasteiger charge is 2.38. The van der Waals surface area contributed by atoms with Crippen LogP contribution in [0.3, 0.4) is 0 Å². The topological polar surface area (TPSA) is 66.9 Å². The van der Waals surface area contributed by atoms with Crippen LogP contribution in [-0.2, 0) is 11.2 Å². The Hall–Kier alpha value is -3.06. The van der Waals surface area contributed by atoms with Gasteiger partial charge >= 0.3 is 0 Å². The van der Waals surface area contributed by atoms with Crippen LogP contribution in [0.25, 0.3) is 0 Å². The number of fused-ring (bicyclic) bond motifs is 2. The predicted octanol–water partition coefficient (Wildman–Crippen LogP) is 3.50. The number of imide groups is 1. The maximum Gasteiger partial charge on any atom is 0.261 e. The highest BCUT2D eigenvalue weighted by molar-refractivity contribution is 6.22. The summed E-state index contributed by atoms with van der Waals surface area (Å²) in [6, 6.07) is 7.57. The monoisotopic (exact) mass is 422 g/mol. The number of carbonyl (C=O) groups is 3. The van der Waals surface area contributed by atoms with Gasteiger partial charge in [-0.3, -0.25) is 19.3 Å². The van der Waals surface area contributed by atoms with E-state index in [1.54, 1.807) is 24.0 Å². The molecular weight excluding hydrogens is 399 g/mol. The van der Waals surface area contributed by atoms with Gasteiger partial charge in [0, 0.05) is 18.7 Å². The van der Waals surface area contributed by atoms with Crippen molar-refractivity contribution < 1.29 is 23.5 Å². The molecule has 0 N–H and O–H groups in total. The Labute approximate surface area is 179 Å². The van der Waals surface area contributed by atoms with Gasteiger partial charge in [0.05, 0.1) is 29.5 Å². The smallest absolute Gasteiger partial charge is 0.261 e. The van der Waals surface area contributed by atoms with E-state index in [2.05, 4.69) is 0 Å². The van der Waals surface area contributed by atoms with E-state index in [0.29, 0.717) is 36.3 Å². The van der Waals surface area contributed by atoms with E-state index < -0.39 is 0 Å². The predicted molar refractivity (Wildman–Crippen MR) is 112 cm³/mol. The van der Waals surface area contributed by atoms with Crippen LogP contribution < -0.4 is 4.90 Å². The molecule has 0 spiro atoms. The molecule has 0 aliphatic carbocycles. The summed E-state index contributed by atoms with van der Waals surface area (Å²) in [7, 11) is 0. The fourth-order valence-corrected chi connectivity index (χ4v) is 4.86. The third-order valence-corrected chi connectivity index (χ3v) is 6.31. The highest BCUT2D eigenvalue weighted by Crippen LogP contribution is 2.33. The van der Waals surface area contributed by atoms with Crippen LogP contribution in [0.1, 0.15) is 61.5 Å². The second-order valence-corrected chi connectivity index (χ2v) is 8.41. The molecule has 3 heterocycles. The van der Waals surface area contributed by atoms with E-state index in [9.17, 15) is 18.8 Å². The zero-order valence-corrected chi connectivity index (χ0v) is 17.3. The lowest BCUT2D eigenvalue weighted by Gasteiger charge is -2.31. The summed E-state index contributed by atoms with van der Waals surface area (Å²) in [5.41, 5.74) is 3.17. The summed E-state index contributed by atoms with van der Waals surface area (Å²) in [5.74, 6) is -1.29. The maximum absolute atomic E-state index is 13.8. The van der Waals surface area contributed by atoms with Gasteiger partial charge in [0.15, 0.2) is 0 Å². The molecule has 2 aromatic rings. The maximum atomic E-state index is 13.8. The molecule has 3 aliphatic rings. The second-order valence-electron chi connectivity index (χ2n) is 8.41. The van der Waals surface area contributed by atoms with E-state index in [0.717, 1.165) is 30.5 Å². The number of hydrogen-bond acceptors (Lipinski definition) is 4. The van der Waals surface area contributed by atoms with Crippen molar-refractivity contribution in [3.05, 3.63) is 64.0 Å². The van der Waals surface area contributed by atoms with Gasteiger partial charge in [-0.15, -0.1) is 0 Å². The number of aryl methyl sites for hydroxylation is 2. The SMILES string of the molecule is Cc1cc(F)cc2c1N(C(=O)c1ccc3c(c1)C(=O)N(CC1CCCO1)C3=O)CCC2. The molecule has 1 saturated heterocycles. The van der Waals surface area contributed by atoms with E-state index in [1.165, 1.54) is 23.1 Å². The van der Waals surface area contributed by atoms with Gasteiger partial charge in [0.25, 0.3) is 17.7 Å². The van der Waals surface area contributed by atoms with Crippen LogP contribution in [0.15, 0.2) is 30.3 Å². The standard InChI is InChI=1S/C24H23FN2O4/c1-14-10-17(25)11-15-4-2-8-26(21(14)15)22(28)16-6-7-19-20(12-16)24(30)27(23(19)29)13-18-5-3-9-31-18/h6-7,10-12,18H,2-5,8-9,13H2,1H3. The average Bonchev–Trinajstić information content (AvgIpc) is 3.35. The van der Waals surface area contributed by atoms with Gasteiger partial charge in [-0.05, 0) is 74.1 Å². The fourth-order valence-electron chi connectivity index (χ4n) is 4.86. The molecule has 2 aromatic carbocycles. The van der Waals surface area contributed by atoms with E-state index in [-0.39, 0.29) is 41.8 Å². The third kappa shape index (κ3) is 3.33. The van der Waals surface area contributed by atoms with Crippen LogP contribution in [0.4, 0.5) is 10.1 Å². The lowest BCUT2D eigenvalue weighted by atomic mass is 9.96. The first-order valence-electron chi connectivity index (χ1n) is 10.7. The minimum atomic E-state index is -0.387. The number of ether oxygens (including phenoxy) is 1. The molecule has 160 valence electrons. The second kappa shape index (κ2) is 7.57. The Kier molecular flexibility index (Phi) is 4.85. The molecule has 0 aromatic heterocycles. The minimum Gasteiger partial charge on any atom is -0.376 e. The van der Waals surface area contributed by atoms with Crippen molar-refractivity contribution in [1.29, 1.82) is 0 Å². The largest absolute Gasteiger partial charge is 0.376 e. The van der Waals surface area contributed by atoms with Crippen LogP contribution in [0.2, 0.25) is 0 Å². The molecule has 6 nitrogen and oxygen atoms in total. The Morgan fingerprint density at radius 2 is 1.94 bits per heavy atom. The van der Waals surface area contributed by atoms with Gasteiger partial charge in [-0.1, -0.05) is 0 Å². The van der Waals surface area contributed by atoms with Gasteiger partial charge in [-0.2, -0.15) is 0 Å². The lowest BCUT2D eigenvalue weighted by molar-refractivity contribution is 0.0475. The molecule has 7 heteroatoms. The molecule has 3 aliphatic heterocycles.